The molecule has 4 aromatic rings. The van der Waals surface area contributed by atoms with E-state index < -0.39 is 29.4 Å². The zero-order valence-corrected chi connectivity index (χ0v) is 20.2. The molecule has 0 atom stereocenters. The van der Waals surface area contributed by atoms with Crippen molar-refractivity contribution in [3.8, 4) is 6.07 Å². The largest absolute Gasteiger partial charge is 0.342 e. The van der Waals surface area contributed by atoms with Crippen LogP contribution in [0.5, 0.6) is 0 Å². The zero-order valence-electron chi connectivity index (χ0n) is 19.3. The molecule has 1 fully saturated rings. The minimum Gasteiger partial charge on any atom is -0.342 e. The fourth-order valence-corrected chi connectivity index (χ4v) is 4.89. The van der Waals surface area contributed by atoms with Crippen molar-refractivity contribution < 1.29 is 18.8 Å². The number of hydrogen-bond acceptors (Lipinski definition) is 5. The monoisotopic (exact) mass is 510 g/mol. The number of thioether (sulfide) groups is 1. The molecule has 1 aliphatic rings. The molecule has 1 aliphatic heterocycles. The van der Waals surface area contributed by atoms with Crippen LogP contribution in [0.15, 0.2) is 83.9 Å². The maximum atomic E-state index is 13.1. The van der Waals surface area contributed by atoms with Crippen LogP contribution >= 0.6 is 11.8 Å². The van der Waals surface area contributed by atoms with Gasteiger partial charge in [-0.05, 0) is 65.9 Å². The van der Waals surface area contributed by atoms with Crippen LogP contribution in [0.3, 0.4) is 0 Å². The maximum absolute atomic E-state index is 13.1. The van der Waals surface area contributed by atoms with E-state index >= 15 is 0 Å². The van der Waals surface area contributed by atoms with Gasteiger partial charge in [0.2, 0.25) is 5.91 Å². The lowest BCUT2D eigenvalue weighted by Crippen LogP contribution is -2.36. The van der Waals surface area contributed by atoms with E-state index in [1.807, 2.05) is 47.2 Å². The number of hydrogen-bond donors (Lipinski definition) is 1. The summed E-state index contributed by atoms with van der Waals surface area (Å²) in [7, 11) is 0. The number of amides is 3. The minimum atomic E-state index is -0.561. The Bertz CT molecular complexity index is 1600. The molecule has 0 spiro atoms. The molecule has 1 saturated heterocycles. The maximum Gasteiger partial charge on any atom is 0.294 e. The topological polar surface area (TPSA) is 95.2 Å². The molecular weight excluding hydrogens is 491 g/mol. The first-order chi connectivity index (χ1) is 17.9. The SMILES string of the molecule is N#Cc1ccc(Cn2cc(/C=C3\SC(=O)N(CC(=O)Nc4ccc(F)cc4)C3=O)c3ccccc32)cc1. The fourth-order valence-electron chi connectivity index (χ4n) is 4.06. The summed E-state index contributed by atoms with van der Waals surface area (Å²) in [5.74, 6) is -1.55. The summed E-state index contributed by atoms with van der Waals surface area (Å²) in [6, 6.07) is 22.4. The molecular formula is C28H19FN4O3S. The Hall–Kier alpha value is -4.68. The molecule has 7 nitrogen and oxygen atoms in total. The molecule has 3 aromatic carbocycles. The van der Waals surface area contributed by atoms with E-state index in [-0.39, 0.29) is 4.91 Å². The third-order valence-corrected chi connectivity index (χ3v) is 6.75. The lowest BCUT2D eigenvalue weighted by Gasteiger charge is -2.12. The Kier molecular flexibility index (Phi) is 6.58. The summed E-state index contributed by atoms with van der Waals surface area (Å²) in [5, 5.41) is 12.0. The van der Waals surface area contributed by atoms with Gasteiger partial charge in [0.15, 0.2) is 0 Å². The molecule has 3 amide bonds. The van der Waals surface area contributed by atoms with Crippen LogP contribution in [-0.4, -0.2) is 33.1 Å². The number of nitrogens with zero attached hydrogens (tertiary/aromatic N) is 3. The van der Waals surface area contributed by atoms with Crippen LogP contribution in [0.4, 0.5) is 14.9 Å². The molecule has 0 radical (unpaired) electrons. The van der Waals surface area contributed by atoms with Crippen LogP contribution in [-0.2, 0) is 16.1 Å². The summed E-state index contributed by atoms with van der Waals surface area (Å²) in [4.78, 5) is 39.1. The number of anilines is 1. The number of benzene rings is 3. The normalized spacial score (nSPS) is 14.4. The highest BCUT2D eigenvalue weighted by molar-refractivity contribution is 8.18. The van der Waals surface area contributed by atoms with Gasteiger partial charge in [-0.1, -0.05) is 30.3 Å². The van der Waals surface area contributed by atoms with Crippen molar-refractivity contribution in [2.75, 3.05) is 11.9 Å². The Balaban J connectivity index is 1.36. The Morgan fingerprint density at radius 3 is 2.49 bits per heavy atom. The zero-order chi connectivity index (χ0) is 25.9. The van der Waals surface area contributed by atoms with Gasteiger partial charge in [-0.15, -0.1) is 0 Å². The van der Waals surface area contributed by atoms with E-state index in [9.17, 15) is 18.8 Å². The predicted molar refractivity (Wildman–Crippen MR) is 140 cm³/mol. The number of imide groups is 1. The average Bonchev–Trinajstić information content (AvgIpc) is 3.37. The number of nitriles is 1. The highest BCUT2D eigenvalue weighted by atomic mass is 32.2. The highest BCUT2D eigenvalue weighted by Crippen LogP contribution is 2.34. The van der Waals surface area contributed by atoms with Crippen molar-refractivity contribution in [2.45, 2.75) is 6.54 Å². The van der Waals surface area contributed by atoms with Crippen molar-refractivity contribution in [3.05, 3.63) is 106 Å². The van der Waals surface area contributed by atoms with E-state index in [2.05, 4.69) is 11.4 Å². The van der Waals surface area contributed by atoms with Gasteiger partial charge in [-0.2, -0.15) is 5.26 Å². The smallest absolute Gasteiger partial charge is 0.294 e. The van der Waals surface area contributed by atoms with Gasteiger partial charge in [0.05, 0.1) is 16.5 Å². The van der Waals surface area contributed by atoms with Crippen molar-refractivity contribution in [3.63, 3.8) is 0 Å². The molecule has 1 N–H and O–H groups in total. The van der Waals surface area contributed by atoms with Gasteiger partial charge in [-0.25, -0.2) is 4.39 Å². The molecule has 2 heterocycles. The highest BCUT2D eigenvalue weighted by Gasteiger charge is 2.36. The van der Waals surface area contributed by atoms with E-state index in [4.69, 9.17) is 5.26 Å². The third kappa shape index (κ3) is 5.15. The minimum absolute atomic E-state index is 0.223. The van der Waals surface area contributed by atoms with Gasteiger partial charge < -0.3 is 9.88 Å². The fraction of sp³-hybridized carbons (Fsp3) is 0.0714. The summed E-state index contributed by atoms with van der Waals surface area (Å²) >= 11 is 0.782. The summed E-state index contributed by atoms with van der Waals surface area (Å²) in [6.45, 7) is 0.116. The van der Waals surface area contributed by atoms with Crippen LogP contribution in [0.25, 0.3) is 17.0 Å². The van der Waals surface area contributed by atoms with Gasteiger partial charge in [0.25, 0.3) is 11.1 Å². The lowest BCUT2D eigenvalue weighted by atomic mass is 10.1. The number of para-hydroxylation sites is 1. The second kappa shape index (κ2) is 10.1. The quantitative estimate of drug-likeness (QED) is 0.352. The van der Waals surface area contributed by atoms with Gasteiger partial charge in [0.1, 0.15) is 12.4 Å². The van der Waals surface area contributed by atoms with Crippen molar-refractivity contribution in [1.82, 2.24) is 9.47 Å². The number of carbonyl (C=O) groups is 3. The first-order valence-corrected chi connectivity index (χ1v) is 12.1. The standard InChI is InChI=1S/C28H19FN4O3S/c29-21-9-11-22(12-10-21)31-26(34)17-33-27(35)25(37-28(33)36)13-20-16-32(24-4-2-1-3-23(20)24)15-19-7-5-18(14-30)6-8-19/h1-13,16H,15,17H2,(H,31,34)/b25-13-. The molecule has 182 valence electrons. The van der Waals surface area contributed by atoms with Crippen molar-refractivity contribution in [1.29, 1.82) is 5.26 Å². The van der Waals surface area contributed by atoms with E-state index in [1.54, 1.807) is 18.2 Å². The first kappa shape index (κ1) is 24.0. The molecule has 0 unspecified atom stereocenters. The van der Waals surface area contributed by atoms with Gasteiger partial charge in [0, 0.05) is 34.9 Å². The van der Waals surface area contributed by atoms with E-state index in [0.717, 1.165) is 38.7 Å². The van der Waals surface area contributed by atoms with Crippen molar-refractivity contribution >= 4 is 51.5 Å². The number of rotatable bonds is 6. The van der Waals surface area contributed by atoms with Crippen LogP contribution in [0.1, 0.15) is 16.7 Å². The van der Waals surface area contributed by atoms with Crippen molar-refractivity contribution in [2.24, 2.45) is 0 Å². The average molecular weight is 511 g/mol. The van der Waals surface area contributed by atoms with Crippen LogP contribution in [0.2, 0.25) is 0 Å². The van der Waals surface area contributed by atoms with E-state index in [1.165, 1.54) is 24.3 Å². The molecule has 5 rings (SSSR count). The molecule has 37 heavy (non-hydrogen) atoms. The van der Waals surface area contributed by atoms with Gasteiger partial charge >= 0.3 is 0 Å². The predicted octanol–water partition coefficient (Wildman–Crippen LogP) is 5.38. The number of aromatic nitrogens is 1. The van der Waals surface area contributed by atoms with Crippen LogP contribution in [0, 0.1) is 17.1 Å². The molecule has 9 heteroatoms. The lowest BCUT2D eigenvalue weighted by molar-refractivity contribution is -0.127. The Morgan fingerprint density at radius 2 is 1.76 bits per heavy atom. The molecule has 0 bridgehead atoms. The second-order valence-electron chi connectivity index (χ2n) is 8.36. The summed E-state index contributed by atoms with van der Waals surface area (Å²) in [5.41, 5.74) is 3.69. The molecule has 0 saturated carbocycles. The first-order valence-electron chi connectivity index (χ1n) is 11.3. The summed E-state index contributed by atoms with van der Waals surface area (Å²) < 4.78 is 15.1. The number of fused-ring (bicyclic) bond motifs is 1. The number of halogens is 1. The third-order valence-electron chi connectivity index (χ3n) is 5.85. The van der Waals surface area contributed by atoms with E-state index in [0.29, 0.717) is 17.8 Å². The second-order valence-corrected chi connectivity index (χ2v) is 9.35. The van der Waals surface area contributed by atoms with Gasteiger partial charge in [-0.3, -0.25) is 19.3 Å². The Morgan fingerprint density at radius 1 is 1.03 bits per heavy atom. The molecule has 0 aliphatic carbocycles. The Labute approximate surface area is 215 Å². The molecule has 1 aromatic heterocycles. The summed E-state index contributed by atoms with van der Waals surface area (Å²) in [6.07, 6.45) is 3.58. The number of carbonyl (C=O) groups excluding carboxylic acids is 3. The number of nitrogens with one attached hydrogen (secondary N) is 1. The van der Waals surface area contributed by atoms with Crippen LogP contribution < -0.4 is 5.32 Å².